The van der Waals surface area contributed by atoms with Crippen molar-refractivity contribution in [3.05, 3.63) is 0 Å². The molecule has 0 saturated heterocycles. The van der Waals surface area contributed by atoms with Crippen molar-refractivity contribution in [2.24, 2.45) is 23.5 Å². The summed E-state index contributed by atoms with van der Waals surface area (Å²) in [4.78, 5) is 12.2. The van der Waals surface area contributed by atoms with Crippen molar-refractivity contribution in [2.75, 3.05) is 6.54 Å². The molecule has 0 bridgehead atoms. The van der Waals surface area contributed by atoms with E-state index in [0.717, 1.165) is 19.3 Å². The molecular formula is C14H24ClF3N2O. The van der Waals surface area contributed by atoms with E-state index in [9.17, 15) is 18.0 Å². The Morgan fingerprint density at radius 1 is 1.14 bits per heavy atom. The fourth-order valence-electron chi connectivity index (χ4n) is 3.53. The van der Waals surface area contributed by atoms with E-state index >= 15 is 0 Å². The molecule has 1 amide bonds. The molecule has 2 saturated carbocycles. The van der Waals surface area contributed by atoms with E-state index in [1.165, 1.54) is 0 Å². The minimum atomic E-state index is -4.17. The normalized spacial score (nSPS) is 33.3. The van der Waals surface area contributed by atoms with Gasteiger partial charge in [0.15, 0.2) is 0 Å². The lowest BCUT2D eigenvalue weighted by Crippen LogP contribution is -2.44. The van der Waals surface area contributed by atoms with E-state index in [1.54, 1.807) is 0 Å². The molecule has 4 atom stereocenters. The van der Waals surface area contributed by atoms with Crippen LogP contribution < -0.4 is 11.1 Å². The molecule has 21 heavy (non-hydrogen) atoms. The van der Waals surface area contributed by atoms with Gasteiger partial charge in [0.05, 0.1) is 5.92 Å². The molecule has 7 heteroatoms. The smallest absolute Gasteiger partial charge is 0.353 e. The van der Waals surface area contributed by atoms with E-state index in [4.69, 9.17) is 5.73 Å². The molecule has 2 fully saturated rings. The standard InChI is InChI=1S/C14H23F3N2O.ClH/c15-14(16,17)11-5-1-3-9(7-11)13(20)19-12-6-2-4-10(12)8-18;/h9-12H,1-8,18H2,(H,19,20);1H. The summed E-state index contributed by atoms with van der Waals surface area (Å²) in [7, 11) is 0. The van der Waals surface area contributed by atoms with Crippen LogP contribution in [0, 0.1) is 17.8 Å². The Morgan fingerprint density at radius 3 is 2.43 bits per heavy atom. The number of nitrogens with one attached hydrogen (secondary N) is 1. The number of carbonyl (C=O) groups is 1. The Labute approximate surface area is 129 Å². The largest absolute Gasteiger partial charge is 0.391 e. The summed E-state index contributed by atoms with van der Waals surface area (Å²) in [5, 5.41) is 2.94. The minimum absolute atomic E-state index is 0. The Bertz CT molecular complexity index is 352. The summed E-state index contributed by atoms with van der Waals surface area (Å²) in [6.45, 7) is 0.529. The molecule has 0 aromatic carbocycles. The number of nitrogens with two attached hydrogens (primary N) is 1. The van der Waals surface area contributed by atoms with Crippen LogP contribution in [0.15, 0.2) is 0 Å². The first-order chi connectivity index (χ1) is 9.41. The second-order valence-electron chi connectivity index (χ2n) is 6.14. The molecule has 4 unspecified atom stereocenters. The third kappa shape index (κ3) is 4.74. The summed E-state index contributed by atoms with van der Waals surface area (Å²) >= 11 is 0. The number of hydrogen-bond donors (Lipinski definition) is 2. The number of halogens is 4. The average Bonchev–Trinajstić information content (AvgIpc) is 2.85. The van der Waals surface area contributed by atoms with E-state index in [1.807, 2.05) is 0 Å². The molecule has 0 aromatic heterocycles. The van der Waals surface area contributed by atoms with Crippen molar-refractivity contribution in [3.63, 3.8) is 0 Å². The third-order valence-electron chi connectivity index (χ3n) is 4.80. The fraction of sp³-hybridized carbons (Fsp3) is 0.929. The summed E-state index contributed by atoms with van der Waals surface area (Å²) in [6.07, 6.45) is -0.113. The maximum Gasteiger partial charge on any atom is 0.391 e. The van der Waals surface area contributed by atoms with Crippen molar-refractivity contribution >= 4 is 18.3 Å². The lowest BCUT2D eigenvalue weighted by atomic mass is 9.80. The summed E-state index contributed by atoms with van der Waals surface area (Å²) < 4.78 is 38.3. The monoisotopic (exact) mass is 328 g/mol. The lowest BCUT2D eigenvalue weighted by Gasteiger charge is -2.31. The maximum absolute atomic E-state index is 12.8. The van der Waals surface area contributed by atoms with Gasteiger partial charge in [-0.15, -0.1) is 12.4 Å². The Kier molecular flexibility index (Phi) is 6.78. The summed E-state index contributed by atoms with van der Waals surface area (Å²) in [5.41, 5.74) is 5.66. The molecule has 124 valence electrons. The molecule has 0 radical (unpaired) electrons. The van der Waals surface area contributed by atoms with Crippen molar-refractivity contribution in [1.29, 1.82) is 0 Å². The van der Waals surface area contributed by atoms with Crippen molar-refractivity contribution in [3.8, 4) is 0 Å². The molecule has 0 aliphatic heterocycles. The molecule has 2 rings (SSSR count). The topological polar surface area (TPSA) is 55.1 Å². The molecule has 0 spiro atoms. The molecular weight excluding hydrogens is 305 g/mol. The first kappa shape index (κ1) is 18.6. The average molecular weight is 329 g/mol. The van der Waals surface area contributed by atoms with Crippen LogP contribution in [-0.4, -0.2) is 24.7 Å². The Morgan fingerprint density at radius 2 is 1.81 bits per heavy atom. The molecule has 0 aromatic rings. The highest BCUT2D eigenvalue weighted by Gasteiger charge is 2.44. The molecule has 2 aliphatic rings. The summed E-state index contributed by atoms with van der Waals surface area (Å²) in [5.74, 6) is -1.74. The van der Waals surface area contributed by atoms with Crippen LogP contribution in [0.1, 0.15) is 44.9 Å². The van der Waals surface area contributed by atoms with Gasteiger partial charge >= 0.3 is 6.18 Å². The van der Waals surface area contributed by atoms with Crippen LogP contribution in [0.3, 0.4) is 0 Å². The van der Waals surface area contributed by atoms with Gasteiger partial charge in [0.2, 0.25) is 5.91 Å². The second-order valence-corrected chi connectivity index (χ2v) is 6.14. The summed E-state index contributed by atoms with van der Waals surface area (Å²) in [6, 6.07) is 0.0544. The number of amides is 1. The van der Waals surface area contributed by atoms with Crippen molar-refractivity contribution < 1.29 is 18.0 Å². The fourth-order valence-corrected chi connectivity index (χ4v) is 3.53. The first-order valence-corrected chi connectivity index (χ1v) is 7.49. The minimum Gasteiger partial charge on any atom is -0.353 e. The number of rotatable bonds is 3. The molecule has 3 N–H and O–H groups in total. The van der Waals surface area contributed by atoms with Crippen LogP contribution in [0.5, 0.6) is 0 Å². The molecule has 2 aliphatic carbocycles. The predicted molar refractivity (Wildman–Crippen MR) is 77.1 cm³/mol. The van der Waals surface area contributed by atoms with Gasteiger partial charge in [0.1, 0.15) is 0 Å². The van der Waals surface area contributed by atoms with Gasteiger partial charge in [-0.2, -0.15) is 13.2 Å². The number of alkyl halides is 3. The zero-order valence-corrected chi connectivity index (χ0v) is 12.8. The van der Waals surface area contributed by atoms with Gasteiger partial charge in [-0.3, -0.25) is 4.79 Å². The predicted octanol–water partition coefficient (Wildman–Crippen LogP) is 3.02. The van der Waals surface area contributed by atoms with Crippen LogP contribution in [-0.2, 0) is 4.79 Å². The van der Waals surface area contributed by atoms with Crippen molar-refractivity contribution in [1.82, 2.24) is 5.32 Å². The Balaban J connectivity index is 0.00000220. The second kappa shape index (κ2) is 7.68. The maximum atomic E-state index is 12.8. The van der Waals surface area contributed by atoms with Gasteiger partial charge in [0, 0.05) is 12.0 Å². The highest BCUT2D eigenvalue weighted by Crippen LogP contribution is 2.40. The zero-order chi connectivity index (χ0) is 14.8. The van der Waals surface area contributed by atoms with Gasteiger partial charge in [-0.25, -0.2) is 0 Å². The van der Waals surface area contributed by atoms with Gasteiger partial charge < -0.3 is 11.1 Å². The number of carbonyl (C=O) groups excluding carboxylic acids is 1. The zero-order valence-electron chi connectivity index (χ0n) is 12.0. The first-order valence-electron chi connectivity index (χ1n) is 7.49. The van der Waals surface area contributed by atoms with E-state index in [0.29, 0.717) is 19.4 Å². The van der Waals surface area contributed by atoms with Crippen LogP contribution in [0.4, 0.5) is 13.2 Å². The highest BCUT2D eigenvalue weighted by molar-refractivity contribution is 5.85. The molecule has 3 nitrogen and oxygen atoms in total. The SMILES string of the molecule is Cl.NCC1CCCC1NC(=O)C1CCCC(C(F)(F)F)C1. The van der Waals surface area contributed by atoms with Gasteiger partial charge in [-0.1, -0.05) is 12.8 Å². The quantitative estimate of drug-likeness (QED) is 0.836. The van der Waals surface area contributed by atoms with Gasteiger partial charge in [0.25, 0.3) is 0 Å². The van der Waals surface area contributed by atoms with E-state index in [2.05, 4.69) is 5.32 Å². The van der Waals surface area contributed by atoms with Crippen LogP contribution >= 0.6 is 12.4 Å². The van der Waals surface area contributed by atoms with E-state index < -0.39 is 18.0 Å². The van der Waals surface area contributed by atoms with Crippen LogP contribution in [0.2, 0.25) is 0 Å². The Hall–Kier alpha value is -0.490. The van der Waals surface area contributed by atoms with Gasteiger partial charge in [-0.05, 0) is 44.6 Å². The van der Waals surface area contributed by atoms with E-state index in [-0.39, 0.29) is 43.1 Å². The third-order valence-corrected chi connectivity index (χ3v) is 4.80. The molecule has 0 heterocycles. The number of hydrogen-bond acceptors (Lipinski definition) is 2. The van der Waals surface area contributed by atoms with Crippen LogP contribution in [0.25, 0.3) is 0 Å². The lowest BCUT2D eigenvalue weighted by molar-refractivity contribution is -0.186. The highest BCUT2D eigenvalue weighted by atomic mass is 35.5. The van der Waals surface area contributed by atoms with Crippen molar-refractivity contribution in [2.45, 2.75) is 57.2 Å².